The average Bonchev–Trinajstić information content (AvgIpc) is 2.41. The number of rotatable bonds is 0. The van der Waals surface area contributed by atoms with E-state index < -0.39 is 0 Å². The van der Waals surface area contributed by atoms with Crippen molar-refractivity contribution in [3.05, 3.63) is 42.0 Å². The van der Waals surface area contributed by atoms with Crippen LogP contribution in [0, 0.1) is 0 Å². The van der Waals surface area contributed by atoms with Crippen molar-refractivity contribution < 1.29 is 0 Å². The predicted molar refractivity (Wildman–Crippen MR) is 67.1 cm³/mol. The van der Waals surface area contributed by atoms with Crippen molar-refractivity contribution in [3.8, 4) is 0 Å². The van der Waals surface area contributed by atoms with Crippen molar-refractivity contribution in [2.75, 3.05) is 5.32 Å². The van der Waals surface area contributed by atoms with E-state index in [9.17, 15) is 0 Å². The highest BCUT2D eigenvalue weighted by molar-refractivity contribution is 9.24. The quantitative estimate of drug-likeness (QED) is 0.569. The number of benzene rings is 2. The molecule has 1 N–H and O–H groups in total. The fourth-order valence-electron chi connectivity index (χ4n) is 1.94. The van der Waals surface area contributed by atoms with Crippen LogP contribution < -0.4 is 5.32 Å². The van der Waals surface area contributed by atoms with E-state index in [-0.39, 0.29) is 3.36 Å². The van der Waals surface area contributed by atoms with Crippen LogP contribution in [0.5, 0.6) is 0 Å². The summed E-state index contributed by atoms with van der Waals surface area (Å²) in [6.07, 6.45) is 0. The van der Waals surface area contributed by atoms with E-state index in [1.54, 1.807) is 0 Å². The molecule has 2 aromatic rings. The molecule has 2 aromatic carbocycles. The minimum Gasteiger partial charge on any atom is -0.357 e. The zero-order chi connectivity index (χ0) is 9.76. The lowest BCUT2D eigenvalue weighted by atomic mass is 10.1. The highest BCUT2D eigenvalue weighted by Gasteiger charge is 2.33. The molecule has 14 heavy (non-hydrogen) atoms. The summed E-state index contributed by atoms with van der Waals surface area (Å²) in [5, 5.41) is 5.95. The number of alkyl halides is 2. The Morgan fingerprint density at radius 2 is 1.71 bits per heavy atom. The Bertz CT molecular complexity index is 514. The van der Waals surface area contributed by atoms with E-state index in [1.807, 2.05) is 0 Å². The SMILES string of the molecule is BrC1(Br)Nc2cccc3cccc1c23. The van der Waals surface area contributed by atoms with Crippen LogP contribution in [-0.2, 0) is 3.36 Å². The number of halogens is 2. The summed E-state index contributed by atoms with van der Waals surface area (Å²) in [5.74, 6) is 0. The van der Waals surface area contributed by atoms with E-state index in [0.717, 1.165) is 0 Å². The van der Waals surface area contributed by atoms with Crippen LogP contribution in [0.2, 0.25) is 0 Å². The zero-order valence-electron chi connectivity index (χ0n) is 7.22. The fourth-order valence-corrected chi connectivity index (χ4v) is 3.03. The Morgan fingerprint density at radius 1 is 1.00 bits per heavy atom. The van der Waals surface area contributed by atoms with Crippen molar-refractivity contribution in [1.82, 2.24) is 0 Å². The highest BCUT2D eigenvalue weighted by Crippen LogP contribution is 2.49. The molecule has 70 valence electrons. The summed E-state index contributed by atoms with van der Waals surface area (Å²) in [7, 11) is 0. The van der Waals surface area contributed by atoms with Gasteiger partial charge < -0.3 is 5.32 Å². The minimum atomic E-state index is -0.302. The van der Waals surface area contributed by atoms with Crippen LogP contribution in [-0.4, -0.2) is 0 Å². The molecule has 0 fully saturated rings. The first-order valence-corrected chi connectivity index (χ1v) is 5.95. The lowest BCUT2D eigenvalue weighted by Crippen LogP contribution is -2.14. The molecule has 1 aliphatic heterocycles. The lowest BCUT2D eigenvalue weighted by molar-refractivity contribution is 1.13. The number of hydrogen-bond acceptors (Lipinski definition) is 1. The Labute approximate surface area is 98.8 Å². The van der Waals surface area contributed by atoms with Gasteiger partial charge in [-0.15, -0.1) is 0 Å². The van der Waals surface area contributed by atoms with Gasteiger partial charge in [0, 0.05) is 16.6 Å². The van der Waals surface area contributed by atoms with Gasteiger partial charge in [-0.3, -0.25) is 0 Å². The molecule has 0 spiro atoms. The molecule has 0 atom stereocenters. The third kappa shape index (κ3) is 1.06. The van der Waals surface area contributed by atoms with E-state index in [2.05, 4.69) is 73.6 Å². The van der Waals surface area contributed by atoms with Crippen molar-refractivity contribution in [2.24, 2.45) is 0 Å². The van der Waals surface area contributed by atoms with Gasteiger partial charge in [0.2, 0.25) is 0 Å². The summed E-state index contributed by atoms with van der Waals surface area (Å²) in [5.41, 5.74) is 2.41. The Hall–Kier alpha value is -0.540. The number of anilines is 1. The molecule has 3 heteroatoms. The van der Waals surface area contributed by atoms with Gasteiger partial charge in [0.1, 0.15) is 0 Å². The third-order valence-electron chi connectivity index (χ3n) is 2.53. The molecular weight excluding hydrogens is 306 g/mol. The van der Waals surface area contributed by atoms with Gasteiger partial charge in [0.15, 0.2) is 3.36 Å². The summed E-state index contributed by atoms with van der Waals surface area (Å²) in [6, 6.07) is 12.6. The van der Waals surface area contributed by atoms with Gasteiger partial charge in [0.05, 0.1) is 0 Å². The van der Waals surface area contributed by atoms with Gasteiger partial charge in [0.25, 0.3) is 0 Å². The maximum Gasteiger partial charge on any atom is 0.175 e. The van der Waals surface area contributed by atoms with Crippen LogP contribution in [0.3, 0.4) is 0 Å². The van der Waals surface area contributed by atoms with Crippen molar-refractivity contribution in [1.29, 1.82) is 0 Å². The van der Waals surface area contributed by atoms with Crippen molar-refractivity contribution in [3.63, 3.8) is 0 Å². The first kappa shape index (κ1) is 8.74. The van der Waals surface area contributed by atoms with E-state index in [4.69, 9.17) is 0 Å². The number of nitrogens with one attached hydrogen (secondary N) is 1. The van der Waals surface area contributed by atoms with Crippen molar-refractivity contribution in [2.45, 2.75) is 3.36 Å². The smallest absolute Gasteiger partial charge is 0.175 e. The monoisotopic (exact) mass is 311 g/mol. The van der Waals surface area contributed by atoms with E-state index >= 15 is 0 Å². The second-order valence-electron chi connectivity index (χ2n) is 3.41. The molecule has 1 heterocycles. The van der Waals surface area contributed by atoms with Gasteiger partial charge in [-0.2, -0.15) is 0 Å². The Morgan fingerprint density at radius 3 is 2.50 bits per heavy atom. The molecule has 0 radical (unpaired) electrons. The summed E-state index contributed by atoms with van der Waals surface area (Å²) in [6.45, 7) is 0. The normalized spacial score (nSPS) is 17.0. The summed E-state index contributed by atoms with van der Waals surface area (Å²) in [4.78, 5) is 0. The first-order valence-electron chi connectivity index (χ1n) is 4.37. The highest BCUT2D eigenvalue weighted by atomic mass is 79.9. The standard InChI is InChI=1S/C11H7Br2N/c12-11(13)8-5-1-3-7-4-2-6-9(14-11)10(7)8/h1-6,14H. The molecule has 0 bridgehead atoms. The largest absolute Gasteiger partial charge is 0.357 e. The van der Waals surface area contributed by atoms with E-state index in [1.165, 1.54) is 22.0 Å². The molecule has 1 aliphatic rings. The second kappa shape index (κ2) is 2.74. The van der Waals surface area contributed by atoms with Gasteiger partial charge in [-0.05, 0) is 43.3 Å². The molecule has 0 amide bonds. The molecule has 0 saturated carbocycles. The molecule has 0 saturated heterocycles. The molecule has 3 rings (SSSR count). The maximum atomic E-state index is 3.62. The Kier molecular flexibility index (Phi) is 1.71. The lowest BCUT2D eigenvalue weighted by Gasteiger charge is -2.15. The second-order valence-corrected chi connectivity index (χ2v) is 6.85. The molecule has 0 unspecified atom stereocenters. The van der Waals surface area contributed by atoms with Gasteiger partial charge >= 0.3 is 0 Å². The van der Waals surface area contributed by atoms with Crippen LogP contribution >= 0.6 is 31.9 Å². The molecular formula is C11H7Br2N. The van der Waals surface area contributed by atoms with Crippen LogP contribution in [0.4, 0.5) is 5.69 Å². The topological polar surface area (TPSA) is 12.0 Å². The van der Waals surface area contributed by atoms with Crippen LogP contribution in [0.15, 0.2) is 36.4 Å². The zero-order valence-corrected chi connectivity index (χ0v) is 10.4. The summed E-state index contributed by atoms with van der Waals surface area (Å²) < 4.78 is -0.302. The average molecular weight is 313 g/mol. The fraction of sp³-hybridized carbons (Fsp3) is 0.0909. The summed E-state index contributed by atoms with van der Waals surface area (Å²) >= 11 is 7.24. The minimum absolute atomic E-state index is 0.302. The molecule has 0 aliphatic carbocycles. The van der Waals surface area contributed by atoms with Gasteiger partial charge in [-0.1, -0.05) is 30.3 Å². The third-order valence-corrected chi connectivity index (χ3v) is 3.79. The molecule has 0 aromatic heterocycles. The predicted octanol–water partition coefficient (Wildman–Crippen LogP) is 4.17. The van der Waals surface area contributed by atoms with Crippen LogP contribution in [0.1, 0.15) is 5.56 Å². The number of hydrogen-bond donors (Lipinski definition) is 1. The van der Waals surface area contributed by atoms with Gasteiger partial charge in [-0.25, -0.2) is 0 Å². The van der Waals surface area contributed by atoms with E-state index in [0.29, 0.717) is 0 Å². The first-order chi connectivity index (χ1) is 6.68. The maximum absolute atomic E-state index is 3.62. The van der Waals surface area contributed by atoms with Crippen LogP contribution in [0.25, 0.3) is 10.8 Å². The molecule has 1 nitrogen and oxygen atoms in total. The Balaban J connectivity index is 2.50. The van der Waals surface area contributed by atoms with Crippen molar-refractivity contribution >= 4 is 48.3 Å².